The Bertz CT molecular complexity index is 1230. The van der Waals surface area contributed by atoms with Crippen molar-refractivity contribution in [1.29, 1.82) is 0 Å². The van der Waals surface area contributed by atoms with Crippen molar-refractivity contribution in [3.63, 3.8) is 0 Å². The van der Waals surface area contributed by atoms with Gasteiger partial charge in [-0.2, -0.15) is 0 Å². The molecule has 3 aromatic rings. The van der Waals surface area contributed by atoms with E-state index in [1.807, 2.05) is 31.2 Å². The summed E-state index contributed by atoms with van der Waals surface area (Å²) in [5, 5.41) is 2.82. The highest BCUT2D eigenvalue weighted by Crippen LogP contribution is 2.34. The zero-order valence-electron chi connectivity index (χ0n) is 17.9. The van der Waals surface area contributed by atoms with Gasteiger partial charge in [0.2, 0.25) is 5.91 Å². The number of para-hydroxylation sites is 2. The molecule has 9 heteroatoms. The molecule has 2 aromatic carbocycles. The molecule has 168 valence electrons. The smallest absolute Gasteiger partial charge is 0.294 e. The number of methoxy groups -OCH3 is 1. The second kappa shape index (κ2) is 10.0. The number of carbonyl (C=O) groups excluding carboxylic acids is 3. The Balaban J connectivity index is 1.41. The summed E-state index contributed by atoms with van der Waals surface area (Å²) in [6.45, 7) is 1.63. The molecule has 0 aliphatic carbocycles. The first-order valence-electron chi connectivity index (χ1n) is 9.95. The van der Waals surface area contributed by atoms with Gasteiger partial charge in [0.15, 0.2) is 5.09 Å². The Morgan fingerprint density at radius 3 is 2.64 bits per heavy atom. The number of anilines is 1. The van der Waals surface area contributed by atoms with E-state index in [9.17, 15) is 14.4 Å². The van der Waals surface area contributed by atoms with Crippen LogP contribution in [0.2, 0.25) is 0 Å². The molecule has 0 spiro atoms. The molecule has 2 heterocycles. The molecule has 0 bridgehead atoms. The van der Waals surface area contributed by atoms with Gasteiger partial charge in [0.1, 0.15) is 18.1 Å². The van der Waals surface area contributed by atoms with Gasteiger partial charge >= 0.3 is 0 Å². The number of benzene rings is 2. The molecule has 0 unspecified atom stereocenters. The zero-order valence-corrected chi connectivity index (χ0v) is 19.5. The maximum atomic E-state index is 12.7. The number of thioether (sulfide) groups is 1. The van der Waals surface area contributed by atoms with E-state index in [4.69, 9.17) is 9.15 Å². The van der Waals surface area contributed by atoms with E-state index in [-0.39, 0.29) is 4.91 Å². The molecule has 1 saturated heterocycles. The largest absolute Gasteiger partial charge is 0.495 e. The summed E-state index contributed by atoms with van der Waals surface area (Å²) in [5.74, 6) is -0.104. The van der Waals surface area contributed by atoms with Gasteiger partial charge in [0.05, 0.1) is 17.7 Å². The van der Waals surface area contributed by atoms with Crippen LogP contribution in [0.4, 0.5) is 10.5 Å². The summed E-state index contributed by atoms with van der Waals surface area (Å²) in [7, 11) is 1.49. The summed E-state index contributed by atoms with van der Waals surface area (Å²) >= 11 is 2.24. The molecule has 1 fully saturated rings. The molecule has 1 aliphatic rings. The van der Waals surface area contributed by atoms with Gasteiger partial charge in [-0.05, 0) is 55.1 Å². The van der Waals surface area contributed by atoms with Gasteiger partial charge in [0, 0.05) is 11.0 Å². The number of hydrogen-bond acceptors (Lipinski definition) is 7. The summed E-state index contributed by atoms with van der Waals surface area (Å²) in [5.41, 5.74) is 1.63. The molecule has 0 atom stereocenters. The predicted octanol–water partition coefficient (Wildman–Crippen LogP) is 5.42. The Labute approximate surface area is 199 Å². The summed E-state index contributed by atoms with van der Waals surface area (Å²) in [6, 6.07) is 18.5. The fourth-order valence-electron chi connectivity index (χ4n) is 3.04. The van der Waals surface area contributed by atoms with Gasteiger partial charge in [-0.3, -0.25) is 19.3 Å². The van der Waals surface area contributed by atoms with E-state index < -0.39 is 23.6 Å². The standard InChI is InChI=1S/C24H20N2O5S2/c1-15-7-10-17(11-8-15)32-22-12-9-16(31-22)13-20-23(28)26(24(29)33-20)14-21(27)25-18-5-3-4-6-19(18)30-2/h3-13H,14H2,1-2H3,(H,25,27)/b20-13-. The van der Waals surface area contributed by atoms with Gasteiger partial charge < -0.3 is 14.5 Å². The lowest BCUT2D eigenvalue weighted by Gasteiger charge is -2.14. The van der Waals surface area contributed by atoms with Crippen molar-refractivity contribution >= 4 is 52.3 Å². The summed E-state index contributed by atoms with van der Waals surface area (Å²) in [6.07, 6.45) is 1.52. The lowest BCUT2D eigenvalue weighted by Crippen LogP contribution is -2.36. The molecule has 0 radical (unpaired) electrons. The highest BCUT2D eigenvalue weighted by Gasteiger charge is 2.36. The van der Waals surface area contributed by atoms with Crippen molar-refractivity contribution in [1.82, 2.24) is 4.90 Å². The Hall–Kier alpha value is -3.43. The molecule has 4 rings (SSSR count). The lowest BCUT2D eigenvalue weighted by molar-refractivity contribution is -0.127. The number of furan rings is 1. The fourth-order valence-corrected chi connectivity index (χ4v) is 4.63. The van der Waals surface area contributed by atoms with Crippen LogP contribution in [0, 0.1) is 6.92 Å². The van der Waals surface area contributed by atoms with Gasteiger partial charge in [-0.15, -0.1) is 0 Å². The first-order valence-corrected chi connectivity index (χ1v) is 11.6. The van der Waals surface area contributed by atoms with Gasteiger partial charge in [0.25, 0.3) is 11.1 Å². The van der Waals surface area contributed by atoms with Crippen LogP contribution >= 0.6 is 23.5 Å². The molecule has 1 N–H and O–H groups in total. The second-order valence-corrected chi connectivity index (χ2v) is 9.16. The molecule has 1 aromatic heterocycles. The van der Waals surface area contributed by atoms with Crippen LogP contribution in [0.15, 0.2) is 80.0 Å². The van der Waals surface area contributed by atoms with E-state index >= 15 is 0 Å². The molecular formula is C24H20N2O5S2. The maximum absolute atomic E-state index is 12.7. The van der Waals surface area contributed by atoms with Crippen molar-refractivity contribution in [3.05, 3.63) is 76.9 Å². The number of imide groups is 1. The number of rotatable bonds is 7. The topological polar surface area (TPSA) is 88.8 Å². The fraction of sp³-hybridized carbons (Fsp3) is 0.125. The average Bonchev–Trinajstić information content (AvgIpc) is 3.35. The minimum Gasteiger partial charge on any atom is -0.495 e. The van der Waals surface area contributed by atoms with Crippen LogP contribution in [-0.4, -0.2) is 35.6 Å². The maximum Gasteiger partial charge on any atom is 0.294 e. The second-order valence-electron chi connectivity index (χ2n) is 7.09. The van der Waals surface area contributed by atoms with Crippen LogP contribution in [0.3, 0.4) is 0 Å². The average molecular weight is 481 g/mol. The molecular weight excluding hydrogens is 460 g/mol. The molecule has 1 aliphatic heterocycles. The van der Waals surface area contributed by atoms with Crippen LogP contribution < -0.4 is 10.1 Å². The van der Waals surface area contributed by atoms with Crippen molar-refractivity contribution in [2.75, 3.05) is 19.0 Å². The van der Waals surface area contributed by atoms with E-state index in [2.05, 4.69) is 5.32 Å². The number of carbonyl (C=O) groups is 3. The Kier molecular flexibility index (Phi) is 6.90. The van der Waals surface area contributed by atoms with Crippen LogP contribution in [0.25, 0.3) is 6.08 Å². The van der Waals surface area contributed by atoms with E-state index in [1.54, 1.807) is 36.4 Å². The molecule has 0 saturated carbocycles. The number of nitrogens with one attached hydrogen (secondary N) is 1. The summed E-state index contributed by atoms with van der Waals surface area (Å²) in [4.78, 5) is 39.7. The van der Waals surface area contributed by atoms with E-state index in [1.165, 1.54) is 30.5 Å². The number of amides is 3. The highest BCUT2D eigenvalue weighted by molar-refractivity contribution is 8.18. The van der Waals surface area contributed by atoms with Crippen LogP contribution in [0.1, 0.15) is 11.3 Å². The van der Waals surface area contributed by atoms with Crippen molar-refractivity contribution in [3.8, 4) is 5.75 Å². The van der Waals surface area contributed by atoms with Crippen molar-refractivity contribution in [2.45, 2.75) is 16.9 Å². The highest BCUT2D eigenvalue weighted by atomic mass is 32.2. The summed E-state index contributed by atoms with van der Waals surface area (Å²) < 4.78 is 11.0. The SMILES string of the molecule is COc1ccccc1NC(=O)CN1C(=O)S/C(=C\c2ccc(Sc3ccc(C)cc3)o2)C1=O. The Morgan fingerprint density at radius 2 is 1.88 bits per heavy atom. The van der Waals surface area contributed by atoms with Crippen LogP contribution in [-0.2, 0) is 9.59 Å². The Morgan fingerprint density at radius 1 is 1.12 bits per heavy atom. The molecule has 33 heavy (non-hydrogen) atoms. The third-order valence-corrected chi connectivity index (χ3v) is 6.51. The van der Waals surface area contributed by atoms with E-state index in [0.717, 1.165) is 21.6 Å². The minimum absolute atomic E-state index is 0.200. The van der Waals surface area contributed by atoms with Crippen LogP contribution in [0.5, 0.6) is 5.75 Å². The minimum atomic E-state index is -0.538. The molecule has 7 nitrogen and oxygen atoms in total. The zero-order chi connectivity index (χ0) is 23.4. The van der Waals surface area contributed by atoms with Crippen molar-refractivity contribution in [2.24, 2.45) is 0 Å². The first-order chi connectivity index (χ1) is 15.9. The number of aryl methyl sites for hydroxylation is 1. The number of hydrogen-bond donors (Lipinski definition) is 1. The van der Waals surface area contributed by atoms with E-state index in [0.29, 0.717) is 22.3 Å². The first kappa shape index (κ1) is 22.8. The van der Waals surface area contributed by atoms with Crippen molar-refractivity contribution < 1.29 is 23.5 Å². The third-order valence-electron chi connectivity index (χ3n) is 4.67. The monoisotopic (exact) mass is 480 g/mol. The van der Waals surface area contributed by atoms with Gasteiger partial charge in [-0.25, -0.2) is 0 Å². The number of ether oxygens (including phenoxy) is 1. The normalized spacial score (nSPS) is 14.7. The lowest BCUT2D eigenvalue weighted by atomic mass is 10.2. The quantitative estimate of drug-likeness (QED) is 0.452. The predicted molar refractivity (Wildman–Crippen MR) is 128 cm³/mol. The molecule has 3 amide bonds. The van der Waals surface area contributed by atoms with Gasteiger partial charge in [-0.1, -0.05) is 41.6 Å². The third kappa shape index (κ3) is 5.50. The number of nitrogens with zero attached hydrogens (tertiary/aromatic N) is 1.